The van der Waals surface area contributed by atoms with E-state index >= 15 is 0 Å². The number of rotatable bonds is 5. The maximum atomic E-state index is 13.1. The van der Waals surface area contributed by atoms with Crippen LogP contribution in [0.4, 0.5) is 11.5 Å². The van der Waals surface area contributed by atoms with E-state index in [1.165, 1.54) is 11.6 Å². The molecule has 1 atom stereocenters. The molecule has 1 saturated heterocycles. The summed E-state index contributed by atoms with van der Waals surface area (Å²) in [5, 5.41) is 5.11. The fourth-order valence-corrected chi connectivity index (χ4v) is 4.31. The van der Waals surface area contributed by atoms with Crippen molar-refractivity contribution in [3.63, 3.8) is 0 Å². The van der Waals surface area contributed by atoms with Gasteiger partial charge < -0.3 is 16.0 Å². The van der Waals surface area contributed by atoms with Gasteiger partial charge in [-0.25, -0.2) is 9.36 Å². The molecule has 3 aromatic rings. The largest absolute Gasteiger partial charge is 0.383 e. The number of piperidine rings is 1. The van der Waals surface area contributed by atoms with Crippen LogP contribution in [0.1, 0.15) is 37.8 Å². The smallest absolute Gasteiger partial charge is 0.332 e. The Morgan fingerprint density at radius 3 is 2.47 bits per heavy atom. The van der Waals surface area contributed by atoms with E-state index in [4.69, 9.17) is 5.73 Å². The number of fused-ring (bicyclic) bond motifs is 1. The van der Waals surface area contributed by atoms with Gasteiger partial charge in [-0.2, -0.15) is 0 Å². The summed E-state index contributed by atoms with van der Waals surface area (Å²) in [5.74, 6) is -0.262. The Balaban J connectivity index is 1.57. The number of aromatic nitrogens is 2. The van der Waals surface area contributed by atoms with E-state index < -0.39 is 17.2 Å². The lowest BCUT2D eigenvalue weighted by Gasteiger charge is -2.29. The Morgan fingerprint density at radius 1 is 1.06 bits per heavy atom. The van der Waals surface area contributed by atoms with Gasteiger partial charge in [0, 0.05) is 20.1 Å². The third-order valence-corrected chi connectivity index (χ3v) is 6.19. The van der Waals surface area contributed by atoms with Gasteiger partial charge in [0.2, 0.25) is 5.91 Å². The van der Waals surface area contributed by atoms with E-state index in [0.717, 1.165) is 40.2 Å². The molecule has 2 aromatic carbocycles. The van der Waals surface area contributed by atoms with Crippen LogP contribution in [0.25, 0.3) is 10.8 Å². The Hall–Kier alpha value is -3.55. The van der Waals surface area contributed by atoms with E-state index in [2.05, 4.69) is 5.32 Å². The average molecular weight is 436 g/mol. The van der Waals surface area contributed by atoms with Gasteiger partial charge in [-0.15, -0.1) is 0 Å². The summed E-state index contributed by atoms with van der Waals surface area (Å²) in [6.45, 7) is 2.95. The summed E-state index contributed by atoms with van der Waals surface area (Å²) in [6.07, 6.45) is 3.03. The molecule has 0 spiro atoms. The van der Waals surface area contributed by atoms with Gasteiger partial charge in [0.15, 0.2) is 0 Å². The zero-order valence-electron chi connectivity index (χ0n) is 18.5. The molecule has 1 unspecified atom stereocenters. The third kappa shape index (κ3) is 4.12. The number of benzene rings is 2. The zero-order valence-corrected chi connectivity index (χ0v) is 18.5. The molecule has 1 amide bonds. The van der Waals surface area contributed by atoms with Crippen LogP contribution in [-0.2, 0) is 18.4 Å². The monoisotopic (exact) mass is 435 g/mol. The summed E-state index contributed by atoms with van der Waals surface area (Å²) in [4.78, 5) is 40.6. The van der Waals surface area contributed by atoms with E-state index in [9.17, 15) is 14.4 Å². The van der Waals surface area contributed by atoms with E-state index in [1.54, 1.807) is 0 Å². The number of hydrogen-bond donors (Lipinski definition) is 2. The van der Waals surface area contributed by atoms with E-state index in [-0.39, 0.29) is 18.4 Å². The number of carbonyl (C=O) groups excluding carboxylic acids is 1. The van der Waals surface area contributed by atoms with Crippen LogP contribution in [0.3, 0.4) is 0 Å². The highest BCUT2D eigenvalue weighted by Crippen LogP contribution is 2.22. The highest BCUT2D eigenvalue weighted by molar-refractivity contribution is 5.83. The topological polar surface area (TPSA) is 102 Å². The van der Waals surface area contributed by atoms with Crippen molar-refractivity contribution in [3.05, 3.63) is 68.9 Å². The van der Waals surface area contributed by atoms with Crippen LogP contribution in [-0.4, -0.2) is 28.1 Å². The lowest BCUT2D eigenvalue weighted by molar-refractivity contribution is -0.122. The quantitative estimate of drug-likeness (QED) is 0.639. The number of nitrogens with zero attached hydrogens (tertiary/aromatic N) is 3. The molecule has 1 fully saturated rings. The van der Waals surface area contributed by atoms with Crippen molar-refractivity contribution in [1.82, 2.24) is 14.5 Å². The highest BCUT2D eigenvalue weighted by Gasteiger charge is 2.23. The second-order valence-corrected chi connectivity index (χ2v) is 8.41. The Bertz CT molecular complexity index is 1270. The number of hydrogen-bond acceptors (Lipinski definition) is 5. The maximum Gasteiger partial charge on any atom is 0.332 e. The van der Waals surface area contributed by atoms with Gasteiger partial charge in [-0.05, 0) is 48.6 Å². The fourth-order valence-electron chi connectivity index (χ4n) is 4.31. The molecular weight excluding hydrogens is 406 g/mol. The first-order valence-electron chi connectivity index (χ1n) is 11.0. The highest BCUT2D eigenvalue weighted by atomic mass is 16.2. The molecule has 3 N–H and O–H groups in total. The van der Waals surface area contributed by atoms with Gasteiger partial charge in [0.05, 0.1) is 6.04 Å². The van der Waals surface area contributed by atoms with Gasteiger partial charge >= 0.3 is 5.69 Å². The van der Waals surface area contributed by atoms with Crippen LogP contribution in [0.15, 0.2) is 52.1 Å². The van der Waals surface area contributed by atoms with Crippen LogP contribution < -0.4 is 27.2 Å². The molecule has 0 aliphatic carbocycles. The standard InChI is InChI=1S/C24H29N5O3/c1-16(18-11-10-17-8-4-5-9-19(17)14-18)26-20(30)15-29-23(31)21(22(25)27(2)24(29)32)28-12-6-3-7-13-28/h4-5,8-11,14,16H,3,6-7,12-13,15,25H2,1-2H3,(H,26,30). The molecule has 1 aliphatic heterocycles. The molecular formula is C24H29N5O3. The first-order chi connectivity index (χ1) is 15.4. The van der Waals surface area contributed by atoms with E-state index in [0.29, 0.717) is 18.8 Å². The van der Waals surface area contributed by atoms with Crippen LogP contribution in [0.5, 0.6) is 0 Å². The molecule has 8 heteroatoms. The summed E-state index contributed by atoms with van der Waals surface area (Å²) in [6, 6.07) is 13.7. The van der Waals surface area contributed by atoms with Crippen molar-refractivity contribution in [3.8, 4) is 0 Å². The number of anilines is 2. The fraction of sp³-hybridized carbons (Fsp3) is 0.375. The van der Waals surface area contributed by atoms with Gasteiger partial charge in [0.25, 0.3) is 5.56 Å². The summed E-state index contributed by atoms with van der Waals surface area (Å²) < 4.78 is 2.22. The number of amides is 1. The van der Waals surface area contributed by atoms with Crippen molar-refractivity contribution in [2.75, 3.05) is 23.7 Å². The zero-order chi connectivity index (χ0) is 22.8. The second kappa shape index (κ2) is 8.90. The Labute approximate surface area is 186 Å². The molecule has 0 saturated carbocycles. The first kappa shape index (κ1) is 21.7. The first-order valence-corrected chi connectivity index (χ1v) is 11.0. The van der Waals surface area contributed by atoms with Crippen molar-refractivity contribution >= 4 is 28.2 Å². The van der Waals surface area contributed by atoms with Crippen LogP contribution in [0, 0.1) is 0 Å². The number of nitrogens with two attached hydrogens (primary N) is 1. The Kier molecular flexibility index (Phi) is 6.03. The predicted octanol–water partition coefficient (Wildman–Crippen LogP) is 2.15. The van der Waals surface area contributed by atoms with Crippen molar-refractivity contribution in [2.45, 2.75) is 38.8 Å². The molecule has 8 nitrogen and oxygen atoms in total. The van der Waals surface area contributed by atoms with Crippen molar-refractivity contribution in [1.29, 1.82) is 0 Å². The van der Waals surface area contributed by atoms with Gasteiger partial charge in [0.1, 0.15) is 18.1 Å². The SMILES string of the molecule is CC(NC(=O)Cn1c(=O)c(N2CCCCC2)c(N)n(C)c1=O)c1ccc2ccccc2c1. The lowest BCUT2D eigenvalue weighted by Crippen LogP contribution is -2.47. The van der Waals surface area contributed by atoms with Crippen molar-refractivity contribution in [2.24, 2.45) is 7.05 Å². The third-order valence-electron chi connectivity index (χ3n) is 6.19. The summed E-state index contributed by atoms with van der Waals surface area (Å²) in [7, 11) is 1.52. The molecule has 2 heterocycles. The van der Waals surface area contributed by atoms with Gasteiger partial charge in [-0.3, -0.25) is 14.2 Å². The van der Waals surface area contributed by atoms with E-state index in [1.807, 2.05) is 54.3 Å². The molecule has 0 bridgehead atoms. The number of nitrogen functional groups attached to an aromatic ring is 1. The van der Waals surface area contributed by atoms with Crippen LogP contribution >= 0.6 is 0 Å². The minimum atomic E-state index is -0.596. The van der Waals surface area contributed by atoms with Crippen molar-refractivity contribution < 1.29 is 4.79 Å². The molecule has 1 aliphatic rings. The van der Waals surface area contributed by atoms with Gasteiger partial charge in [-0.1, -0.05) is 36.4 Å². The normalized spacial score (nSPS) is 15.0. The van der Waals surface area contributed by atoms with Crippen LogP contribution in [0.2, 0.25) is 0 Å². The summed E-state index contributed by atoms with van der Waals surface area (Å²) in [5.41, 5.74) is 6.27. The molecule has 1 aromatic heterocycles. The number of nitrogens with one attached hydrogen (secondary N) is 1. The lowest BCUT2D eigenvalue weighted by atomic mass is 10.0. The molecule has 0 radical (unpaired) electrons. The predicted molar refractivity (Wildman–Crippen MR) is 127 cm³/mol. The minimum absolute atomic E-state index is 0.142. The molecule has 4 rings (SSSR count). The number of carbonyl (C=O) groups is 1. The second-order valence-electron chi connectivity index (χ2n) is 8.41. The minimum Gasteiger partial charge on any atom is -0.383 e. The maximum absolute atomic E-state index is 13.1. The average Bonchev–Trinajstić information content (AvgIpc) is 2.81. The molecule has 168 valence electrons. The summed E-state index contributed by atoms with van der Waals surface area (Å²) >= 11 is 0. The molecule has 32 heavy (non-hydrogen) atoms. The Morgan fingerprint density at radius 2 is 1.75 bits per heavy atom.